The molecule has 1 N–H and O–H groups in total. The van der Waals surface area contributed by atoms with Crippen molar-refractivity contribution in [1.29, 1.82) is 0 Å². The van der Waals surface area contributed by atoms with Gasteiger partial charge >= 0.3 is 0 Å². The smallest absolute Gasteiger partial charge is 0.242 e. The topological polar surface area (TPSA) is 79.4 Å². The first-order valence-electron chi connectivity index (χ1n) is 7.16. The minimum absolute atomic E-state index is 0.00966. The summed E-state index contributed by atoms with van der Waals surface area (Å²) in [5.74, 6) is 0.533. The van der Waals surface area contributed by atoms with E-state index in [4.69, 9.17) is 0 Å². The number of carbonyl (C=O) groups is 1. The standard InChI is InChI=1S/C14H21N3O3S/c1-12-4-3-9-17(11-12)14(18)6-8-16-21(19,20)13-5-2-7-15-10-13/h2,5,7,10,12,16H,3-4,6,8-9,11H2,1H3. The van der Waals surface area contributed by atoms with Crippen molar-refractivity contribution < 1.29 is 13.2 Å². The third-order valence-electron chi connectivity index (χ3n) is 3.59. The van der Waals surface area contributed by atoms with Crippen LogP contribution in [0.3, 0.4) is 0 Å². The van der Waals surface area contributed by atoms with Crippen LogP contribution in [0.4, 0.5) is 0 Å². The zero-order valence-electron chi connectivity index (χ0n) is 12.2. The van der Waals surface area contributed by atoms with E-state index in [2.05, 4.69) is 16.6 Å². The maximum absolute atomic E-state index is 12.0. The Morgan fingerprint density at radius 3 is 3.00 bits per heavy atom. The normalized spacial score (nSPS) is 19.5. The molecule has 0 bridgehead atoms. The van der Waals surface area contributed by atoms with Gasteiger partial charge in [0.25, 0.3) is 0 Å². The summed E-state index contributed by atoms with van der Waals surface area (Å²) in [7, 11) is -3.58. The van der Waals surface area contributed by atoms with Crippen LogP contribution in [-0.4, -0.2) is 43.8 Å². The molecule has 116 valence electrons. The Hall–Kier alpha value is -1.47. The van der Waals surface area contributed by atoms with Gasteiger partial charge in [-0.3, -0.25) is 9.78 Å². The lowest BCUT2D eigenvalue weighted by molar-refractivity contribution is -0.132. The van der Waals surface area contributed by atoms with Gasteiger partial charge in [-0.2, -0.15) is 0 Å². The summed E-state index contributed by atoms with van der Waals surface area (Å²) in [5.41, 5.74) is 0. The molecule has 2 heterocycles. The Balaban J connectivity index is 1.82. The molecule has 1 aliphatic rings. The number of nitrogens with zero attached hydrogens (tertiary/aromatic N) is 2. The fraction of sp³-hybridized carbons (Fsp3) is 0.571. The zero-order chi connectivity index (χ0) is 15.3. The van der Waals surface area contributed by atoms with Crippen molar-refractivity contribution in [2.24, 2.45) is 5.92 Å². The first-order valence-corrected chi connectivity index (χ1v) is 8.65. The zero-order valence-corrected chi connectivity index (χ0v) is 13.0. The van der Waals surface area contributed by atoms with Gasteiger partial charge in [0.15, 0.2) is 0 Å². The molecule has 0 saturated carbocycles. The fourth-order valence-corrected chi connectivity index (χ4v) is 3.45. The van der Waals surface area contributed by atoms with E-state index < -0.39 is 10.0 Å². The molecule has 21 heavy (non-hydrogen) atoms. The summed E-state index contributed by atoms with van der Waals surface area (Å²) < 4.78 is 26.4. The molecule has 6 nitrogen and oxygen atoms in total. The third kappa shape index (κ3) is 4.50. The Kier molecular flexibility index (Phi) is 5.30. The summed E-state index contributed by atoms with van der Waals surface area (Å²) in [6.07, 6.45) is 5.16. The maximum atomic E-state index is 12.0. The largest absolute Gasteiger partial charge is 0.342 e. The van der Waals surface area contributed by atoms with E-state index in [1.807, 2.05) is 4.90 Å². The molecule has 7 heteroatoms. The molecule has 1 amide bonds. The van der Waals surface area contributed by atoms with E-state index in [1.54, 1.807) is 6.07 Å². The highest BCUT2D eigenvalue weighted by atomic mass is 32.2. The summed E-state index contributed by atoms with van der Waals surface area (Å²) in [4.78, 5) is 17.8. The van der Waals surface area contributed by atoms with Crippen LogP contribution in [0.5, 0.6) is 0 Å². The van der Waals surface area contributed by atoms with Crippen molar-refractivity contribution in [1.82, 2.24) is 14.6 Å². The van der Waals surface area contributed by atoms with E-state index in [0.29, 0.717) is 5.92 Å². The summed E-state index contributed by atoms with van der Waals surface area (Å²) in [6.45, 7) is 3.79. The molecule has 1 aliphatic heterocycles. The molecule has 2 rings (SSSR count). The fourth-order valence-electron chi connectivity index (χ4n) is 2.46. The minimum Gasteiger partial charge on any atom is -0.342 e. The van der Waals surface area contributed by atoms with Gasteiger partial charge in [-0.1, -0.05) is 6.92 Å². The van der Waals surface area contributed by atoms with Gasteiger partial charge in [0.2, 0.25) is 15.9 Å². The minimum atomic E-state index is -3.58. The van der Waals surface area contributed by atoms with Crippen molar-refractivity contribution in [2.45, 2.75) is 31.1 Å². The van der Waals surface area contributed by atoms with Gasteiger partial charge in [0.05, 0.1) is 0 Å². The number of sulfonamides is 1. The average molecular weight is 311 g/mol. The molecule has 1 aromatic heterocycles. The lowest BCUT2D eigenvalue weighted by Gasteiger charge is -2.31. The molecule has 1 unspecified atom stereocenters. The number of likely N-dealkylation sites (tertiary alicyclic amines) is 1. The Labute approximate surface area is 125 Å². The number of amides is 1. The van der Waals surface area contributed by atoms with Gasteiger partial charge in [-0.15, -0.1) is 0 Å². The van der Waals surface area contributed by atoms with Crippen molar-refractivity contribution >= 4 is 15.9 Å². The number of aromatic nitrogens is 1. The highest BCUT2D eigenvalue weighted by molar-refractivity contribution is 7.89. The second-order valence-electron chi connectivity index (χ2n) is 5.42. The summed E-state index contributed by atoms with van der Waals surface area (Å²) in [5, 5.41) is 0. The average Bonchev–Trinajstić information content (AvgIpc) is 2.48. The quantitative estimate of drug-likeness (QED) is 0.880. The number of hydrogen-bond acceptors (Lipinski definition) is 4. The Bertz CT molecular complexity index is 574. The van der Waals surface area contributed by atoms with E-state index in [1.165, 1.54) is 18.5 Å². The number of carbonyl (C=O) groups excluding carboxylic acids is 1. The lowest BCUT2D eigenvalue weighted by Crippen LogP contribution is -2.40. The molecule has 1 saturated heterocycles. The second-order valence-corrected chi connectivity index (χ2v) is 7.19. The predicted octanol–water partition coefficient (Wildman–Crippen LogP) is 1.01. The van der Waals surface area contributed by atoms with Gasteiger partial charge < -0.3 is 4.90 Å². The lowest BCUT2D eigenvalue weighted by atomic mass is 10.0. The Morgan fingerprint density at radius 1 is 1.52 bits per heavy atom. The van der Waals surface area contributed by atoms with E-state index in [0.717, 1.165) is 25.9 Å². The van der Waals surface area contributed by atoms with Crippen molar-refractivity contribution in [3.05, 3.63) is 24.5 Å². The number of hydrogen-bond donors (Lipinski definition) is 1. The van der Waals surface area contributed by atoms with Crippen molar-refractivity contribution in [2.75, 3.05) is 19.6 Å². The van der Waals surface area contributed by atoms with Gasteiger partial charge in [0, 0.05) is 38.4 Å². The number of piperidine rings is 1. The number of nitrogens with one attached hydrogen (secondary N) is 1. The van der Waals surface area contributed by atoms with Crippen LogP contribution >= 0.6 is 0 Å². The summed E-state index contributed by atoms with van der Waals surface area (Å²) in [6, 6.07) is 3.04. The van der Waals surface area contributed by atoms with Gasteiger partial charge in [-0.25, -0.2) is 13.1 Å². The van der Waals surface area contributed by atoms with Crippen LogP contribution in [0.2, 0.25) is 0 Å². The van der Waals surface area contributed by atoms with Crippen LogP contribution in [0.25, 0.3) is 0 Å². The highest BCUT2D eigenvalue weighted by Crippen LogP contribution is 2.16. The maximum Gasteiger partial charge on any atom is 0.242 e. The van der Waals surface area contributed by atoms with E-state index in [-0.39, 0.29) is 23.8 Å². The van der Waals surface area contributed by atoms with Crippen LogP contribution in [0.15, 0.2) is 29.4 Å². The van der Waals surface area contributed by atoms with Gasteiger partial charge in [-0.05, 0) is 30.9 Å². The van der Waals surface area contributed by atoms with Crippen LogP contribution in [-0.2, 0) is 14.8 Å². The summed E-state index contributed by atoms with van der Waals surface area (Å²) >= 11 is 0. The highest BCUT2D eigenvalue weighted by Gasteiger charge is 2.21. The SMILES string of the molecule is CC1CCCN(C(=O)CCNS(=O)(=O)c2cccnc2)C1. The monoisotopic (exact) mass is 311 g/mol. The van der Waals surface area contributed by atoms with Crippen molar-refractivity contribution in [3.8, 4) is 0 Å². The van der Waals surface area contributed by atoms with Gasteiger partial charge in [0.1, 0.15) is 4.90 Å². The molecule has 0 aliphatic carbocycles. The first-order chi connectivity index (χ1) is 9.99. The third-order valence-corrected chi connectivity index (χ3v) is 5.03. The molecule has 1 aromatic rings. The van der Waals surface area contributed by atoms with E-state index in [9.17, 15) is 13.2 Å². The molecule has 0 aromatic carbocycles. The molecule has 1 atom stereocenters. The number of rotatable bonds is 5. The van der Waals surface area contributed by atoms with Crippen molar-refractivity contribution in [3.63, 3.8) is 0 Å². The molecule has 0 spiro atoms. The van der Waals surface area contributed by atoms with Crippen LogP contribution in [0, 0.1) is 5.92 Å². The van der Waals surface area contributed by atoms with Crippen LogP contribution in [0.1, 0.15) is 26.2 Å². The molecular weight excluding hydrogens is 290 g/mol. The number of pyridine rings is 1. The molecule has 0 radical (unpaired) electrons. The van der Waals surface area contributed by atoms with Crippen LogP contribution < -0.4 is 4.72 Å². The molecule has 1 fully saturated rings. The molecular formula is C14H21N3O3S. The van der Waals surface area contributed by atoms with E-state index >= 15 is 0 Å². The predicted molar refractivity (Wildman–Crippen MR) is 79.0 cm³/mol. The first kappa shape index (κ1) is 15.9. The Morgan fingerprint density at radius 2 is 2.33 bits per heavy atom. The second kappa shape index (κ2) is 7.00.